The molecule has 3 N–H and O–H groups in total. The zero-order chi connectivity index (χ0) is 14.0. The third-order valence-corrected chi connectivity index (χ3v) is 3.29. The number of benzene rings is 1. The first-order valence-corrected chi connectivity index (χ1v) is 6.77. The molecule has 0 amide bonds. The molecular weight excluding hydrogens is 242 g/mol. The number of aliphatic hydroxyl groups excluding tert-OH is 1. The van der Waals surface area contributed by atoms with Gasteiger partial charge in [0.05, 0.1) is 12.7 Å². The summed E-state index contributed by atoms with van der Waals surface area (Å²) in [5.41, 5.74) is 6.94. The molecule has 2 rings (SSSR count). The number of hydrogen-bond acceptors (Lipinski definition) is 4. The van der Waals surface area contributed by atoms with Gasteiger partial charge in [0.1, 0.15) is 17.1 Å². The molecule has 0 bridgehead atoms. The third kappa shape index (κ3) is 3.61. The Bertz CT molecular complexity index is 443. The number of fused-ring (bicyclic) bond motifs is 1. The monoisotopic (exact) mass is 265 g/mol. The van der Waals surface area contributed by atoms with Crippen LogP contribution < -0.4 is 15.2 Å². The van der Waals surface area contributed by atoms with Crippen LogP contribution in [0.1, 0.15) is 45.2 Å². The normalized spacial score (nSPS) is 22.3. The van der Waals surface area contributed by atoms with E-state index in [4.69, 9.17) is 15.2 Å². The molecule has 1 aromatic rings. The van der Waals surface area contributed by atoms with Crippen molar-refractivity contribution >= 4 is 0 Å². The lowest BCUT2D eigenvalue weighted by Crippen LogP contribution is -2.37. The Morgan fingerprint density at radius 3 is 2.95 bits per heavy atom. The van der Waals surface area contributed by atoms with E-state index in [2.05, 4.69) is 0 Å². The van der Waals surface area contributed by atoms with Crippen LogP contribution >= 0.6 is 0 Å². The summed E-state index contributed by atoms with van der Waals surface area (Å²) in [6, 6.07) is 5.76. The van der Waals surface area contributed by atoms with Crippen LogP contribution in [0.4, 0.5) is 0 Å². The quantitative estimate of drug-likeness (QED) is 0.877. The molecule has 0 fully saturated rings. The Hall–Kier alpha value is -1.26. The van der Waals surface area contributed by atoms with E-state index in [1.807, 2.05) is 32.0 Å². The molecule has 0 aromatic heterocycles. The molecule has 1 aliphatic rings. The summed E-state index contributed by atoms with van der Waals surface area (Å²) in [7, 11) is 0. The summed E-state index contributed by atoms with van der Waals surface area (Å²) in [4.78, 5) is 0. The molecule has 2 atom stereocenters. The minimum atomic E-state index is -0.346. The van der Waals surface area contributed by atoms with Gasteiger partial charge < -0.3 is 20.3 Å². The molecule has 0 spiro atoms. The molecule has 19 heavy (non-hydrogen) atoms. The van der Waals surface area contributed by atoms with Crippen molar-refractivity contribution in [2.24, 2.45) is 5.73 Å². The van der Waals surface area contributed by atoms with E-state index >= 15 is 0 Å². The molecular formula is C15H23NO3. The van der Waals surface area contributed by atoms with Gasteiger partial charge in [-0.1, -0.05) is 6.07 Å². The smallest absolute Gasteiger partial charge is 0.128 e. The van der Waals surface area contributed by atoms with Crippen LogP contribution in [-0.2, 0) is 0 Å². The maximum absolute atomic E-state index is 9.20. The molecule has 4 nitrogen and oxygen atoms in total. The molecule has 1 aromatic carbocycles. The lowest BCUT2D eigenvalue weighted by molar-refractivity contribution is 0.0723. The summed E-state index contributed by atoms with van der Waals surface area (Å²) in [6.07, 6.45) is 1.08. The molecule has 4 heteroatoms. The number of ether oxygens (including phenoxy) is 2. The highest BCUT2D eigenvalue weighted by atomic mass is 16.5. The van der Waals surface area contributed by atoms with Gasteiger partial charge in [-0.05, 0) is 26.8 Å². The standard InChI is InChI=1S/C15H23NO3/c1-10(17)6-7-18-11-4-5-12-13(16)9-15(2,3)19-14(12)8-11/h4-5,8,10,13,17H,6-7,9,16H2,1-3H3. The number of rotatable bonds is 4. The Morgan fingerprint density at radius 2 is 2.26 bits per heavy atom. The van der Waals surface area contributed by atoms with Crippen molar-refractivity contribution in [2.45, 2.75) is 51.4 Å². The number of nitrogens with two attached hydrogens (primary N) is 1. The molecule has 0 saturated carbocycles. The number of hydrogen-bond donors (Lipinski definition) is 2. The summed E-state index contributed by atoms with van der Waals surface area (Å²) < 4.78 is 11.6. The SMILES string of the molecule is CC(O)CCOc1ccc2c(c1)OC(C)(C)CC2N. The van der Waals surface area contributed by atoms with Crippen molar-refractivity contribution in [1.82, 2.24) is 0 Å². The predicted octanol–water partition coefficient (Wildman–Crippen LogP) is 2.40. The van der Waals surface area contributed by atoms with Gasteiger partial charge in [-0.15, -0.1) is 0 Å². The van der Waals surface area contributed by atoms with Crippen LogP contribution in [0.25, 0.3) is 0 Å². The topological polar surface area (TPSA) is 64.7 Å². The molecule has 0 aliphatic carbocycles. The second kappa shape index (κ2) is 5.39. The molecule has 1 heterocycles. The van der Waals surface area contributed by atoms with Gasteiger partial charge in [0.25, 0.3) is 0 Å². The second-order valence-electron chi connectivity index (χ2n) is 5.86. The zero-order valence-electron chi connectivity index (χ0n) is 11.8. The van der Waals surface area contributed by atoms with E-state index in [1.54, 1.807) is 6.92 Å². The van der Waals surface area contributed by atoms with Crippen LogP contribution in [0.5, 0.6) is 11.5 Å². The van der Waals surface area contributed by atoms with Gasteiger partial charge in [0.15, 0.2) is 0 Å². The maximum Gasteiger partial charge on any atom is 0.128 e. The van der Waals surface area contributed by atoms with Crippen molar-refractivity contribution in [2.75, 3.05) is 6.61 Å². The Balaban J connectivity index is 2.10. The average Bonchev–Trinajstić information content (AvgIpc) is 2.26. The minimum Gasteiger partial charge on any atom is -0.493 e. The van der Waals surface area contributed by atoms with Crippen LogP contribution in [0.15, 0.2) is 18.2 Å². The van der Waals surface area contributed by atoms with Gasteiger partial charge in [0.2, 0.25) is 0 Å². The second-order valence-corrected chi connectivity index (χ2v) is 5.86. The van der Waals surface area contributed by atoms with E-state index in [9.17, 15) is 5.11 Å². The highest BCUT2D eigenvalue weighted by Crippen LogP contribution is 2.39. The van der Waals surface area contributed by atoms with Gasteiger partial charge in [-0.25, -0.2) is 0 Å². The van der Waals surface area contributed by atoms with Gasteiger partial charge in [-0.2, -0.15) is 0 Å². The molecule has 2 unspecified atom stereocenters. The summed E-state index contributed by atoms with van der Waals surface area (Å²) in [5, 5.41) is 9.20. The first-order chi connectivity index (χ1) is 8.87. The van der Waals surface area contributed by atoms with Crippen LogP contribution in [0.2, 0.25) is 0 Å². The predicted molar refractivity (Wildman–Crippen MR) is 74.5 cm³/mol. The Labute approximate surface area is 114 Å². The zero-order valence-corrected chi connectivity index (χ0v) is 11.8. The highest BCUT2D eigenvalue weighted by Gasteiger charge is 2.31. The van der Waals surface area contributed by atoms with Crippen molar-refractivity contribution < 1.29 is 14.6 Å². The van der Waals surface area contributed by atoms with Crippen LogP contribution in [0, 0.1) is 0 Å². The minimum absolute atomic E-state index is 0.00487. The largest absolute Gasteiger partial charge is 0.493 e. The Kier molecular flexibility index (Phi) is 4.02. The Morgan fingerprint density at radius 1 is 1.53 bits per heavy atom. The van der Waals surface area contributed by atoms with Crippen molar-refractivity contribution in [3.8, 4) is 11.5 Å². The average molecular weight is 265 g/mol. The van der Waals surface area contributed by atoms with E-state index in [0.717, 1.165) is 23.5 Å². The summed E-state index contributed by atoms with van der Waals surface area (Å²) in [6.45, 7) is 6.32. The molecule has 106 valence electrons. The fraction of sp³-hybridized carbons (Fsp3) is 0.600. The van der Waals surface area contributed by atoms with E-state index in [-0.39, 0.29) is 17.7 Å². The van der Waals surface area contributed by atoms with Crippen molar-refractivity contribution in [3.05, 3.63) is 23.8 Å². The first-order valence-electron chi connectivity index (χ1n) is 6.77. The van der Waals surface area contributed by atoms with E-state index in [0.29, 0.717) is 13.0 Å². The maximum atomic E-state index is 9.20. The van der Waals surface area contributed by atoms with Gasteiger partial charge in [-0.3, -0.25) is 0 Å². The molecule has 1 aliphatic heterocycles. The fourth-order valence-electron chi connectivity index (χ4n) is 2.33. The fourth-order valence-corrected chi connectivity index (χ4v) is 2.33. The molecule has 0 radical (unpaired) electrons. The van der Waals surface area contributed by atoms with E-state index < -0.39 is 0 Å². The third-order valence-electron chi connectivity index (χ3n) is 3.29. The molecule has 0 saturated heterocycles. The highest BCUT2D eigenvalue weighted by molar-refractivity contribution is 5.44. The van der Waals surface area contributed by atoms with Crippen LogP contribution in [-0.4, -0.2) is 23.4 Å². The first kappa shape index (κ1) is 14.2. The van der Waals surface area contributed by atoms with Gasteiger partial charge >= 0.3 is 0 Å². The van der Waals surface area contributed by atoms with Gasteiger partial charge in [0, 0.05) is 30.5 Å². The summed E-state index contributed by atoms with van der Waals surface area (Å²) in [5.74, 6) is 1.56. The summed E-state index contributed by atoms with van der Waals surface area (Å²) >= 11 is 0. The lowest BCUT2D eigenvalue weighted by atomic mass is 9.90. The van der Waals surface area contributed by atoms with Crippen LogP contribution in [0.3, 0.4) is 0 Å². The number of aliphatic hydroxyl groups is 1. The van der Waals surface area contributed by atoms with E-state index in [1.165, 1.54) is 0 Å². The van der Waals surface area contributed by atoms with Crippen molar-refractivity contribution in [1.29, 1.82) is 0 Å². The van der Waals surface area contributed by atoms with Crippen molar-refractivity contribution in [3.63, 3.8) is 0 Å². The lowest BCUT2D eigenvalue weighted by Gasteiger charge is -2.36.